The van der Waals surface area contributed by atoms with Gasteiger partial charge in [-0.2, -0.15) is 0 Å². The Morgan fingerprint density at radius 3 is 3.08 bits per heavy atom. The fraction of sp³-hybridized carbons (Fsp3) is 0.263. The SMILES string of the molecule is CCOC(=O)c1oc2cnccc2c1N/C1=C/C(OC)C=C(Cl)/C=C\C1. The summed E-state index contributed by atoms with van der Waals surface area (Å²) < 4.78 is 16.2. The average molecular weight is 375 g/mol. The van der Waals surface area contributed by atoms with Crippen LogP contribution in [0.1, 0.15) is 23.9 Å². The Balaban J connectivity index is 2.01. The van der Waals surface area contributed by atoms with E-state index in [-0.39, 0.29) is 18.5 Å². The van der Waals surface area contributed by atoms with Crippen molar-refractivity contribution in [3.8, 4) is 0 Å². The van der Waals surface area contributed by atoms with E-state index >= 15 is 0 Å². The fourth-order valence-corrected chi connectivity index (χ4v) is 2.84. The summed E-state index contributed by atoms with van der Waals surface area (Å²) in [6.07, 6.45) is 10.9. The van der Waals surface area contributed by atoms with Gasteiger partial charge >= 0.3 is 5.97 Å². The highest BCUT2D eigenvalue weighted by Crippen LogP contribution is 2.32. The average Bonchev–Trinajstić information content (AvgIpc) is 2.98. The molecule has 0 saturated carbocycles. The molecule has 6 nitrogen and oxygen atoms in total. The molecule has 1 unspecified atom stereocenters. The topological polar surface area (TPSA) is 73.6 Å². The molecule has 2 heterocycles. The van der Waals surface area contributed by atoms with Crippen molar-refractivity contribution in [1.82, 2.24) is 4.98 Å². The number of allylic oxidation sites excluding steroid dienone is 3. The molecule has 0 radical (unpaired) electrons. The maximum Gasteiger partial charge on any atom is 0.376 e. The van der Waals surface area contributed by atoms with E-state index < -0.39 is 5.97 Å². The fourth-order valence-electron chi connectivity index (χ4n) is 2.63. The van der Waals surface area contributed by atoms with E-state index in [1.54, 1.807) is 38.6 Å². The summed E-state index contributed by atoms with van der Waals surface area (Å²) in [7, 11) is 1.60. The number of methoxy groups -OCH3 is 1. The van der Waals surface area contributed by atoms with Crippen LogP contribution in [0.15, 0.2) is 57.9 Å². The third kappa shape index (κ3) is 3.98. The minimum absolute atomic E-state index is 0.115. The van der Waals surface area contributed by atoms with Gasteiger partial charge in [0.05, 0.1) is 18.9 Å². The predicted molar refractivity (Wildman–Crippen MR) is 100 cm³/mol. The summed E-state index contributed by atoms with van der Waals surface area (Å²) in [4.78, 5) is 16.3. The minimum Gasteiger partial charge on any atom is -0.460 e. The maximum atomic E-state index is 12.3. The number of carbonyl (C=O) groups excluding carboxylic acids is 1. The number of aromatic nitrogens is 1. The molecule has 1 N–H and O–H groups in total. The minimum atomic E-state index is -0.528. The van der Waals surface area contributed by atoms with Crippen LogP contribution >= 0.6 is 11.6 Å². The van der Waals surface area contributed by atoms with Crippen LogP contribution in [0.3, 0.4) is 0 Å². The normalized spacial score (nSPS) is 20.5. The van der Waals surface area contributed by atoms with E-state index in [0.717, 1.165) is 11.1 Å². The molecule has 7 heteroatoms. The first-order valence-corrected chi connectivity index (χ1v) is 8.58. The number of carbonyl (C=O) groups is 1. The van der Waals surface area contributed by atoms with Crippen LogP contribution in [-0.2, 0) is 9.47 Å². The number of hydrogen-bond donors (Lipinski definition) is 1. The monoisotopic (exact) mass is 374 g/mol. The molecule has 136 valence electrons. The van der Waals surface area contributed by atoms with Gasteiger partial charge in [-0.25, -0.2) is 4.79 Å². The van der Waals surface area contributed by atoms with Gasteiger partial charge in [0, 0.05) is 35.8 Å². The first-order valence-electron chi connectivity index (χ1n) is 8.20. The number of furan rings is 1. The lowest BCUT2D eigenvalue weighted by Crippen LogP contribution is -2.12. The van der Waals surface area contributed by atoms with Crippen LogP contribution in [0.4, 0.5) is 5.69 Å². The number of ether oxygens (including phenoxy) is 2. The largest absolute Gasteiger partial charge is 0.460 e. The smallest absolute Gasteiger partial charge is 0.376 e. The van der Waals surface area contributed by atoms with Gasteiger partial charge in [-0.3, -0.25) is 4.98 Å². The predicted octanol–water partition coefficient (Wildman–Crippen LogP) is 4.40. The number of nitrogens with one attached hydrogen (secondary N) is 1. The first kappa shape index (κ1) is 18.2. The van der Waals surface area contributed by atoms with Crippen LogP contribution in [-0.4, -0.2) is 30.8 Å². The molecule has 0 bridgehead atoms. The van der Waals surface area contributed by atoms with E-state index in [1.807, 2.05) is 18.2 Å². The second kappa shape index (κ2) is 8.21. The third-order valence-corrected chi connectivity index (χ3v) is 4.07. The Morgan fingerprint density at radius 1 is 1.46 bits per heavy atom. The van der Waals surface area contributed by atoms with Gasteiger partial charge in [0.1, 0.15) is 5.69 Å². The van der Waals surface area contributed by atoms with Crippen molar-refractivity contribution in [3.05, 3.63) is 59.3 Å². The van der Waals surface area contributed by atoms with Crippen molar-refractivity contribution in [2.45, 2.75) is 19.4 Å². The number of halogens is 1. The second-order valence-electron chi connectivity index (χ2n) is 5.57. The number of nitrogens with zero attached hydrogens (tertiary/aromatic N) is 1. The van der Waals surface area contributed by atoms with Crippen LogP contribution in [0.2, 0.25) is 0 Å². The summed E-state index contributed by atoms with van der Waals surface area (Å²) >= 11 is 6.10. The highest BCUT2D eigenvalue weighted by molar-refractivity contribution is 6.31. The van der Waals surface area contributed by atoms with Crippen LogP contribution in [0, 0.1) is 0 Å². The maximum absolute atomic E-state index is 12.3. The van der Waals surface area contributed by atoms with Gasteiger partial charge in [0.15, 0.2) is 5.58 Å². The second-order valence-corrected chi connectivity index (χ2v) is 6.01. The lowest BCUT2D eigenvalue weighted by molar-refractivity contribution is 0.0494. The molecule has 2 aromatic heterocycles. The van der Waals surface area contributed by atoms with Gasteiger partial charge in [-0.05, 0) is 31.2 Å². The number of fused-ring (bicyclic) bond motifs is 1. The standard InChI is InChI=1S/C19H19ClN2O4/c1-3-25-19(23)18-17(15-7-8-21-11-16(15)26-18)22-13-6-4-5-12(20)9-14(10-13)24-2/h4-5,7-11,14,22H,3,6H2,1-2H3/b5-4-,12-9?,13-10+. The number of hydrogen-bond acceptors (Lipinski definition) is 6. The van der Waals surface area contributed by atoms with E-state index in [9.17, 15) is 4.79 Å². The Morgan fingerprint density at radius 2 is 2.31 bits per heavy atom. The van der Waals surface area contributed by atoms with Crippen molar-refractivity contribution in [2.75, 3.05) is 19.0 Å². The van der Waals surface area contributed by atoms with Gasteiger partial charge in [0.25, 0.3) is 0 Å². The summed E-state index contributed by atoms with van der Waals surface area (Å²) in [5.41, 5.74) is 1.90. The zero-order valence-corrected chi connectivity index (χ0v) is 15.2. The zero-order chi connectivity index (χ0) is 18.5. The first-order chi connectivity index (χ1) is 12.6. The lowest BCUT2D eigenvalue weighted by Gasteiger charge is -2.15. The summed E-state index contributed by atoms with van der Waals surface area (Å²) in [6, 6.07) is 1.79. The number of esters is 1. The van der Waals surface area contributed by atoms with Crippen molar-refractivity contribution >= 4 is 34.2 Å². The quantitative estimate of drug-likeness (QED) is 0.782. The molecule has 3 rings (SSSR count). The molecular weight excluding hydrogens is 356 g/mol. The molecule has 26 heavy (non-hydrogen) atoms. The van der Waals surface area contributed by atoms with E-state index in [2.05, 4.69) is 10.3 Å². The Labute approximate surface area is 156 Å². The summed E-state index contributed by atoms with van der Waals surface area (Å²) in [5.74, 6) is -0.413. The van der Waals surface area contributed by atoms with E-state index in [1.165, 1.54) is 0 Å². The molecular formula is C19H19ClN2O4. The van der Waals surface area contributed by atoms with Crippen molar-refractivity contribution in [2.24, 2.45) is 0 Å². The Hall–Kier alpha value is -2.57. The third-order valence-electron chi connectivity index (χ3n) is 3.82. The Kier molecular flexibility index (Phi) is 5.75. The molecule has 0 aliphatic heterocycles. The van der Waals surface area contributed by atoms with Gasteiger partial charge in [-0.15, -0.1) is 0 Å². The Bertz CT molecular complexity index is 898. The van der Waals surface area contributed by atoms with Crippen molar-refractivity contribution in [3.63, 3.8) is 0 Å². The van der Waals surface area contributed by atoms with Crippen LogP contribution < -0.4 is 5.32 Å². The summed E-state index contributed by atoms with van der Waals surface area (Å²) in [5, 5.41) is 4.65. The van der Waals surface area contributed by atoms with E-state index in [4.69, 9.17) is 25.5 Å². The number of pyridine rings is 1. The van der Waals surface area contributed by atoms with Crippen molar-refractivity contribution < 1.29 is 18.7 Å². The molecule has 0 spiro atoms. The van der Waals surface area contributed by atoms with Crippen LogP contribution in [0.5, 0.6) is 0 Å². The highest BCUT2D eigenvalue weighted by Gasteiger charge is 2.22. The number of rotatable bonds is 5. The van der Waals surface area contributed by atoms with Gasteiger partial charge < -0.3 is 19.2 Å². The van der Waals surface area contributed by atoms with E-state index in [0.29, 0.717) is 22.7 Å². The van der Waals surface area contributed by atoms with Crippen molar-refractivity contribution in [1.29, 1.82) is 0 Å². The molecule has 1 aliphatic rings. The lowest BCUT2D eigenvalue weighted by atomic mass is 10.1. The molecule has 0 saturated heterocycles. The summed E-state index contributed by atoms with van der Waals surface area (Å²) in [6.45, 7) is 2.00. The van der Waals surface area contributed by atoms with Gasteiger partial charge in [0.2, 0.25) is 5.76 Å². The molecule has 0 amide bonds. The van der Waals surface area contributed by atoms with Crippen LogP contribution in [0.25, 0.3) is 11.0 Å². The molecule has 0 aromatic carbocycles. The molecule has 0 fully saturated rings. The molecule has 1 aliphatic carbocycles. The number of anilines is 1. The highest BCUT2D eigenvalue weighted by atomic mass is 35.5. The zero-order valence-electron chi connectivity index (χ0n) is 14.5. The molecule has 2 aromatic rings. The molecule has 1 atom stereocenters. The van der Waals surface area contributed by atoms with Gasteiger partial charge in [-0.1, -0.05) is 17.7 Å².